The number of carbonyl (C=O) groups excluding carboxylic acids is 2. The summed E-state index contributed by atoms with van der Waals surface area (Å²) in [5.41, 5.74) is 5.12. The number of rotatable bonds is 8. The smallest absolute Gasteiger partial charge is 0.350 e. The van der Waals surface area contributed by atoms with Gasteiger partial charge in [0.2, 0.25) is 5.91 Å². The third-order valence-corrected chi connectivity index (χ3v) is 6.67. The predicted octanol–water partition coefficient (Wildman–Crippen LogP) is 4.23. The number of halogens is 4. The molecule has 0 aliphatic carbocycles. The first-order valence-electron chi connectivity index (χ1n) is 12.5. The molecule has 0 aromatic heterocycles. The number of carbonyl (C=O) groups is 2. The summed E-state index contributed by atoms with van der Waals surface area (Å²) < 4.78 is 53.4. The Labute approximate surface area is 218 Å². The minimum atomic E-state index is -4.70. The van der Waals surface area contributed by atoms with E-state index in [1.807, 2.05) is 36.4 Å². The topological polar surface area (TPSA) is 87.5 Å². The summed E-state index contributed by atoms with van der Waals surface area (Å²) in [6.45, 7) is 0.702. The standard InChI is InChI=1S/C28H30F4N4O2/c29-23-13-18(12-22(15-23)28(30,31)32)17-36-11-9-24(35-25(27(36)38)6-3-10-33)16-34-26(37)21-8-7-19-4-1-2-5-20(19)14-21/h1-2,4-5,7-8,12-15,24-25,35H,3,6,9-11,16-17,33H2,(H,34,37)/t24-,25-/m0/s1. The first kappa shape index (κ1) is 27.5. The van der Waals surface area contributed by atoms with Crippen LogP contribution in [0.1, 0.15) is 40.7 Å². The molecule has 1 fully saturated rings. The largest absolute Gasteiger partial charge is 0.416 e. The zero-order valence-electron chi connectivity index (χ0n) is 20.7. The molecule has 3 aromatic rings. The van der Waals surface area contributed by atoms with Gasteiger partial charge in [-0.05, 0) is 72.5 Å². The van der Waals surface area contributed by atoms with E-state index in [9.17, 15) is 27.2 Å². The maximum atomic E-state index is 13.9. The van der Waals surface area contributed by atoms with Crippen LogP contribution >= 0.6 is 0 Å². The highest BCUT2D eigenvalue weighted by Gasteiger charge is 2.33. The Balaban J connectivity index is 1.45. The maximum absolute atomic E-state index is 13.9. The molecule has 10 heteroatoms. The fraction of sp³-hybridized carbons (Fsp3) is 0.357. The van der Waals surface area contributed by atoms with Crippen LogP contribution in [-0.2, 0) is 17.5 Å². The highest BCUT2D eigenvalue weighted by molar-refractivity contribution is 5.98. The van der Waals surface area contributed by atoms with Gasteiger partial charge in [-0.25, -0.2) is 4.39 Å². The van der Waals surface area contributed by atoms with Gasteiger partial charge in [-0.1, -0.05) is 30.3 Å². The summed E-state index contributed by atoms with van der Waals surface area (Å²) in [4.78, 5) is 27.5. The van der Waals surface area contributed by atoms with Crippen LogP contribution in [-0.4, -0.2) is 48.4 Å². The normalized spacial score (nSPS) is 18.4. The molecule has 6 nitrogen and oxygen atoms in total. The van der Waals surface area contributed by atoms with Crippen LogP contribution in [0, 0.1) is 5.82 Å². The highest BCUT2D eigenvalue weighted by atomic mass is 19.4. The molecule has 2 amide bonds. The van der Waals surface area contributed by atoms with Crippen LogP contribution < -0.4 is 16.4 Å². The Bertz CT molecular complexity index is 1300. The average molecular weight is 531 g/mol. The zero-order valence-corrected chi connectivity index (χ0v) is 20.7. The van der Waals surface area contributed by atoms with Crippen molar-refractivity contribution in [2.75, 3.05) is 19.6 Å². The number of nitrogens with zero attached hydrogens (tertiary/aromatic N) is 1. The fourth-order valence-electron chi connectivity index (χ4n) is 4.70. The van der Waals surface area contributed by atoms with Crippen LogP contribution in [0.25, 0.3) is 10.8 Å². The Kier molecular flexibility index (Phi) is 8.63. The molecule has 2 atom stereocenters. The molecule has 1 heterocycles. The molecule has 38 heavy (non-hydrogen) atoms. The summed E-state index contributed by atoms with van der Waals surface area (Å²) in [7, 11) is 0. The lowest BCUT2D eigenvalue weighted by Gasteiger charge is -2.25. The van der Waals surface area contributed by atoms with Crippen LogP contribution in [0.5, 0.6) is 0 Å². The molecule has 0 radical (unpaired) electrons. The minimum absolute atomic E-state index is 0.0614. The Morgan fingerprint density at radius 1 is 1.08 bits per heavy atom. The fourth-order valence-corrected chi connectivity index (χ4v) is 4.70. The number of benzene rings is 3. The second kappa shape index (κ2) is 11.9. The van der Waals surface area contributed by atoms with Gasteiger partial charge in [-0.3, -0.25) is 9.59 Å². The predicted molar refractivity (Wildman–Crippen MR) is 137 cm³/mol. The van der Waals surface area contributed by atoms with Gasteiger partial charge in [-0.2, -0.15) is 13.2 Å². The van der Waals surface area contributed by atoms with Crippen molar-refractivity contribution in [1.82, 2.24) is 15.5 Å². The van der Waals surface area contributed by atoms with Gasteiger partial charge in [0.15, 0.2) is 0 Å². The van der Waals surface area contributed by atoms with Crippen LogP contribution in [0.3, 0.4) is 0 Å². The molecule has 1 saturated heterocycles. The summed E-state index contributed by atoms with van der Waals surface area (Å²) >= 11 is 0. The first-order valence-corrected chi connectivity index (χ1v) is 12.5. The van der Waals surface area contributed by atoms with E-state index in [-0.39, 0.29) is 43.1 Å². The van der Waals surface area contributed by atoms with Crippen LogP contribution in [0.2, 0.25) is 0 Å². The Hall–Kier alpha value is -3.50. The molecule has 0 saturated carbocycles. The van der Waals surface area contributed by atoms with E-state index in [0.717, 1.165) is 22.9 Å². The Morgan fingerprint density at radius 3 is 2.58 bits per heavy atom. The van der Waals surface area contributed by atoms with Gasteiger partial charge in [0.25, 0.3) is 5.91 Å². The second-order valence-corrected chi connectivity index (χ2v) is 9.51. The van der Waals surface area contributed by atoms with E-state index in [1.54, 1.807) is 6.07 Å². The summed E-state index contributed by atoms with van der Waals surface area (Å²) in [5, 5.41) is 8.17. The lowest BCUT2D eigenvalue weighted by Crippen LogP contribution is -2.48. The van der Waals surface area contributed by atoms with Gasteiger partial charge in [0, 0.05) is 31.2 Å². The molecule has 3 aromatic carbocycles. The highest BCUT2D eigenvalue weighted by Crippen LogP contribution is 2.31. The summed E-state index contributed by atoms with van der Waals surface area (Å²) in [6, 6.07) is 14.6. The van der Waals surface area contributed by atoms with Crippen molar-refractivity contribution in [3.8, 4) is 0 Å². The van der Waals surface area contributed by atoms with E-state index in [2.05, 4.69) is 10.6 Å². The lowest BCUT2D eigenvalue weighted by molar-refractivity contribution is -0.137. The van der Waals surface area contributed by atoms with Gasteiger partial charge < -0.3 is 21.3 Å². The minimum Gasteiger partial charge on any atom is -0.350 e. The molecule has 1 aliphatic rings. The number of hydrogen-bond donors (Lipinski definition) is 3. The lowest BCUT2D eigenvalue weighted by atomic mass is 10.1. The first-order chi connectivity index (χ1) is 18.1. The Morgan fingerprint density at radius 2 is 1.84 bits per heavy atom. The number of alkyl halides is 3. The van der Waals surface area contributed by atoms with Crippen LogP contribution in [0.4, 0.5) is 17.6 Å². The number of amides is 2. The van der Waals surface area contributed by atoms with Gasteiger partial charge in [0.05, 0.1) is 11.6 Å². The van der Waals surface area contributed by atoms with E-state index >= 15 is 0 Å². The van der Waals surface area contributed by atoms with Crippen molar-refractivity contribution in [3.63, 3.8) is 0 Å². The van der Waals surface area contributed by atoms with Gasteiger partial charge in [0.1, 0.15) is 5.82 Å². The van der Waals surface area contributed by atoms with Crippen LogP contribution in [0.15, 0.2) is 60.7 Å². The average Bonchev–Trinajstić information content (AvgIpc) is 3.03. The summed E-state index contributed by atoms with van der Waals surface area (Å²) in [5.74, 6) is -1.55. The molecule has 202 valence electrons. The van der Waals surface area contributed by atoms with Crippen molar-refractivity contribution >= 4 is 22.6 Å². The monoisotopic (exact) mass is 530 g/mol. The molecular weight excluding hydrogens is 500 g/mol. The van der Waals surface area contributed by atoms with E-state index < -0.39 is 23.6 Å². The number of nitrogens with one attached hydrogen (secondary N) is 2. The van der Waals surface area contributed by atoms with E-state index in [1.165, 1.54) is 4.90 Å². The van der Waals surface area contributed by atoms with Crippen molar-refractivity contribution in [2.24, 2.45) is 5.73 Å². The maximum Gasteiger partial charge on any atom is 0.416 e. The quantitative estimate of drug-likeness (QED) is 0.381. The molecular formula is C28H30F4N4O2. The molecule has 4 rings (SSSR count). The molecule has 0 spiro atoms. The zero-order chi connectivity index (χ0) is 27.3. The molecule has 1 aliphatic heterocycles. The summed E-state index contributed by atoms with van der Waals surface area (Å²) in [6.07, 6.45) is -3.26. The SMILES string of the molecule is NCCC[C@@H]1N[C@H](CNC(=O)c2ccc3ccccc3c2)CCN(Cc2cc(F)cc(C(F)(F)F)c2)C1=O. The van der Waals surface area contributed by atoms with Crippen molar-refractivity contribution in [1.29, 1.82) is 0 Å². The molecule has 0 bridgehead atoms. The molecule has 4 N–H and O–H groups in total. The third-order valence-electron chi connectivity index (χ3n) is 6.67. The molecule has 0 unspecified atom stereocenters. The van der Waals surface area contributed by atoms with Gasteiger partial charge >= 0.3 is 6.18 Å². The number of fused-ring (bicyclic) bond motifs is 1. The van der Waals surface area contributed by atoms with Crippen molar-refractivity contribution < 1.29 is 27.2 Å². The van der Waals surface area contributed by atoms with E-state index in [4.69, 9.17) is 5.73 Å². The number of hydrogen-bond acceptors (Lipinski definition) is 4. The van der Waals surface area contributed by atoms with E-state index in [0.29, 0.717) is 37.4 Å². The third kappa shape index (κ3) is 6.87. The second-order valence-electron chi connectivity index (χ2n) is 9.51. The number of nitrogens with two attached hydrogens (primary N) is 1. The van der Waals surface area contributed by atoms with Crippen molar-refractivity contribution in [2.45, 2.75) is 44.1 Å². The van der Waals surface area contributed by atoms with Crippen molar-refractivity contribution in [3.05, 3.63) is 83.2 Å². The van der Waals surface area contributed by atoms with Gasteiger partial charge in [-0.15, -0.1) is 0 Å².